The first-order valence-corrected chi connectivity index (χ1v) is 15.9. The zero-order chi connectivity index (χ0) is 30.2. The maximum absolute atomic E-state index is 15.3. The van der Waals surface area contributed by atoms with Gasteiger partial charge in [0, 0.05) is 78.9 Å². The van der Waals surface area contributed by atoms with Crippen LogP contribution >= 0.6 is 11.9 Å². The number of nitrogens with zero attached hydrogens (tertiary/aromatic N) is 3. The normalized spacial score (nSPS) is 15.8. The van der Waals surface area contributed by atoms with Crippen LogP contribution in [-0.2, 0) is 13.0 Å². The lowest BCUT2D eigenvalue weighted by Crippen LogP contribution is -2.46. The minimum atomic E-state index is -1.28. The minimum absolute atomic E-state index is 0.128. The smallest absolute Gasteiger partial charge is 0.341 e. The molecular formula is C34H34FN5O3S. The molecule has 2 fully saturated rings. The molecule has 0 unspecified atom stereocenters. The van der Waals surface area contributed by atoms with Crippen LogP contribution in [0.15, 0.2) is 82.7 Å². The second kappa shape index (κ2) is 12.1. The van der Waals surface area contributed by atoms with E-state index in [0.29, 0.717) is 24.3 Å². The molecule has 0 amide bonds. The molecule has 226 valence electrons. The molecular weight excluding hydrogens is 577 g/mol. The zero-order valence-corrected chi connectivity index (χ0v) is 25.1. The SMILES string of the molecule is O=C(O)c1cn(C2CC2)c2cc(N3CCN(Cc4ccc(SNCCc5c[nH]c6ccccc56)cc4)CC3)c(F)cc2c1=O. The molecule has 7 rings (SSSR count). The van der Waals surface area contributed by atoms with Gasteiger partial charge in [-0.05, 0) is 72.7 Å². The number of fused-ring (bicyclic) bond motifs is 2. The van der Waals surface area contributed by atoms with Crippen molar-refractivity contribution in [1.29, 1.82) is 0 Å². The molecule has 0 spiro atoms. The summed E-state index contributed by atoms with van der Waals surface area (Å²) in [5.41, 5.74) is 3.85. The lowest BCUT2D eigenvalue weighted by Gasteiger charge is -2.36. The van der Waals surface area contributed by atoms with Gasteiger partial charge in [0.2, 0.25) is 5.43 Å². The number of para-hydroxylation sites is 1. The molecule has 5 aromatic rings. The van der Waals surface area contributed by atoms with Crippen molar-refractivity contribution in [2.24, 2.45) is 0 Å². The largest absolute Gasteiger partial charge is 0.477 e. The number of aromatic carboxylic acids is 1. The summed E-state index contributed by atoms with van der Waals surface area (Å²) >= 11 is 1.65. The molecule has 1 aliphatic heterocycles. The highest BCUT2D eigenvalue weighted by Crippen LogP contribution is 2.38. The van der Waals surface area contributed by atoms with E-state index in [0.717, 1.165) is 45.4 Å². The van der Waals surface area contributed by atoms with Crippen LogP contribution in [0.4, 0.5) is 10.1 Å². The third kappa shape index (κ3) is 5.85. The number of rotatable bonds is 10. The predicted molar refractivity (Wildman–Crippen MR) is 173 cm³/mol. The lowest BCUT2D eigenvalue weighted by atomic mass is 10.1. The van der Waals surface area contributed by atoms with E-state index in [1.807, 2.05) is 15.5 Å². The van der Waals surface area contributed by atoms with Crippen LogP contribution in [0.25, 0.3) is 21.8 Å². The Morgan fingerprint density at radius 3 is 2.55 bits per heavy atom. The van der Waals surface area contributed by atoms with Gasteiger partial charge < -0.3 is 19.6 Å². The molecule has 0 radical (unpaired) electrons. The molecule has 1 saturated heterocycles. The maximum atomic E-state index is 15.3. The van der Waals surface area contributed by atoms with E-state index in [1.54, 1.807) is 18.0 Å². The van der Waals surface area contributed by atoms with Crippen LogP contribution in [0.1, 0.15) is 40.4 Å². The van der Waals surface area contributed by atoms with Crippen LogP contribution in [0.5, 0.6) is 0 Å². The van der Waals surface area contributed by atoms with E-state index in [-0.39, 0.29) is 17.0 Å². The second-order valence-electron chi connectivity index (χ2n) is 11.6. The lowest BCUT2D eigenvalue weighted by molar-refractivity contribution is 0.0695. The van der Waals surface area contributed by atoms with Crippen LogP contribution in [0.3, 0.4) is 0 Å². The van der Waals surface area contributed by atoms with Crippen LogP contribution in [0.2, 0.25) is 0 Å². The molecule has 8 nitrogen and oxygen atoms in total. The van der Waals surface area contributed by atoms with Gasteiger partial charge in [-0.2, -0.15) is 0 Å². The van der Waals surface area contributed by atoms with Crippen molar-refractivity contribution in [1.82, 2.24) is 19.2 Å². The van der Waals surface area contributed by atoms with Crippen molar-refractivity contribution >= 4 is 45.4 Å². The number of hydrogen-bond donors (Lipinski definition) is 3. The van der Waals surface area contributed by atoms with Crippen molar-refractivity contribution < 1.29 is 14.3 Å². The molecule has 0 bridgehead atoms. The first-order chi connectivity index (χ1) is 21.4. The Bertz CT molecular complexity index is 1890. The van der Waals surface area contributed by atoms with Crippen molar-refractivity contribution in [3.8, 4) is 0 Å². The fourth-order valence-corrected chi connectivity index (χ4v) is 6.78. The Balaban J connectivity index is 0.939. The average molecular weight is 612 g/mol. The molecule has 1 saturated carbocycles. The fourth-order valence-electron chi connectivity index (χ4n) is 6.13. The summed E-state index contributed by atoms with van der Waals surface area (Å²) in [6.07, 6.45) is 6.32. The summed E-state index contributed by atoms with van der Waals surface area (Å²) in [5.74, 6) is -1.77. The number of aromatic amines is 1. The highest BCUT2D eigenvalue weighted by Gasteiger charge is 2.28. The maximum Gasteiger partial charge on any atom is 0.341 e. The number of carbonyl (C=O) groups is 1. The summed E-state index contributed by atoms with van der Waals surface area (Å²) in [6.45, 7) is 4.60. The molecule has 2 aromatic heterocycles. The number of H-pyrrole nitrogens is 1. The fraction of sp³-hybridized carbons (Fsp3) is 0.294. The quantitative estimate of drug-likeness (QED) is 0.135. The van der Waals surface area contributed by atoms with Crippen molar-refractivity contribution in [3.05, 3.63) is 106 Å². The van der Waals surface area contributed by atoms with Gasteiger partial charge in [-0.15, -0.1) is 0 Å². The number of pyridine rings is 1. The standard InChI is InChI=1S/C34H34FN5O3S/c35-29-17-27-31(40(24-7-8-24)21-28(33(27)41)34(42)43)18-32(29)39-15-13-38(14-16-39)20-22-5-9-25(10-6-22)44-37-12-11-23-19-36-30-4-2-1-3-26(23)30/h1-6,9-10,17-19,21,24,36-37H,7-8,11-16,20H2,(H,42,43). The van der Waals surface area contributed by atoms with Gasteiger partial charge in [0.05, 0.1) is 11.2 Å². The predicted octanol–water partition coefficient (Wildman–Crippen LogP) is 5.82. The molecule has 10 heteroatoms. The van der Waals surface area contributed by atoms with Gasteiger partial charge in [-0.1, -0.05) is 30.3 Å². The number of piperazine rings is 1. The van der Waals surface area contributed by atoms with Gasteiger partial charge in [-0.3, -0.25) is 14.4 Å². The average Bonchev–Trinajstić information content (AvgIpc) is 3.80. The number of aromatic nitrogens is 2. The Labute approximate surface area is 258 Å². The number of anilines is 1. The van der Waals surface area contributed by atoms with Gasteiger partial charge in [0.25, 0.3) is 0 Å². The summed E-state index contributed by atoms with van der Waals surface area (Å²) in [4.78, 5) is 33.3. The third-order valence-corrected chi connectivity index (χ3v) is 9.53. The Morgan fingerprint density at radius 1 is 1.02 bits per heavy atom. The van der Waals surface area contributed by atoms with Gasteiger partial charge in [0.1, 0.15) is 11.4 Å². The summed E-state index contributed by atoms with van der Waals surface area (Å²) in [6, 6.07) is 20.1. The van der Waals surface area contributed by atoms with Crippen molar-refractivity contribution in [2.75, 3.05) is 37.6 Å². The number of carboxylic acid groups (broad SMARTS) is 1. The molecule has 3 heterocycles. The van der Waals surface area contributed by atoms with Gasteiger partial charge in [0.15, 0.2) is 0 Å². The second-order valence-corrected chi connectivity index (χ2v) is 12.6. The highest BCUT2D eigenvalue weighted by atomic mass is 32.2. The summed E-state index contributed by atoms with van der Waals surface area (Å²) < 4.78 is 20.7. The highest BCUT2D eigenvalue weighted by molar-refractivity contribution is 7.97. The third-order valence-electron chi connectivity index (χ3n) is 8.68. The van der Waals surface area contributed by atoms with E-state index in [4.69, 9.17) is 0 Å². The molecule has 2 aliphatic rings. The Hall–Kier alpha value is -4.12. The number of halogens is 1. The first kappa shape index (κ1) is 28.6. The van der Waals surface area contributed by atoms with E-state index in [1.165, 1.54) is 39.2 Å². The van der Waals surface area contributed by atoms with Crippen LogP contribution in [-0.4, -0.2) is 58.3 Å². The summed E-state index contributed by atoms with van der Waals surface area (Å²) in [5, 5.41) is 10.9. The van der Waals surface area contributed by atoms with Crippen LogP contribution in [0, 0.1) is 5.82 Å². The van der Waals surface area contributed by atoms with Crippen molar-refractivity contribution in [2.45, 2.75) is 36.7 Å². The minimum Gasteiger partial charge on any atom is -0.477 e. The van der Waals surface area contributed by atoms with E-state index in [2.05, 4.69) is 63.3 Å². The van der Waals surface area contributed by atoms with Crippen LogP contribution < -0.4 is 15.1 Å². The number of carboxylic acids is 1. The van der Waals surface area contributed by atoms with E-state index < -0.39 is 17.2 Å². The topological polar surface area (TPSA) is 93.6 Å². The van der Waals surface area contributed by atoms with Gasteiger partial charge in [-0.25, -0.2) is 9.18 Å². The van der Waals surface area contributed by atoms with Crippen molar-refractivity contribution in [3.63, 3.8) is 0 Å². The molecule has 1 aliphatic carbocycles. The number of nitrogens with one attached hydrogen (secondary N) is 2. The van der Waals surface area contributed by atoms with Gasteiger partial charge >= 0.3 is 5.97 Å². The van der Waals surface area contributed by atoms with E-state index in [9.17, 15) is 14.7 Å². The number of hydrogen-bond acceptors (Lipinski definition) is 6. The first-order valence-electron chi connectivity index (χ1n) is 15.1. The number of benzene rings is 3. The summed E-state index contributed by atoms with van der Waals surface area (Å²) in [7, 11) is 0. The molecule has 0 atom stereocenters. The Kier molecular flexibility index (Phi) is 7.88. The van der Waals surface area contributed by atoms with E-state index >= 15 is 4.39 Å². The molecule has 3 N–H and O–H groups in total. The molecule has 44 heavy (non-hydrogen) atoms. The monoisotopic (exact) mass is 611 g/mol. The molecule has 3 aromatic carbocycles. The zero-order valence-electron chi connectivity index (χ0n) is 24.3. The Morgan fingerprint density at radius 2 is 1.80 bits per heavy atom.